The van der Waals surface area contributed by atoms with Crippen LogP contribution in [0.25, 0.3) is 0 Å². The molecular weight excluding hydrogens is 731 g/mol. The molecule has 0 bridgehead atoms. The smallest absolute Gasteiger partial charge is 0.462 e. The van der Waals surface area contributed by atoms with Crippen LogP contribution in [0.2, 0.25) is 0 Å². The van der Waals surface area contributed by atoms with Gasteiger partial charge in [0, 0.05) is 12.8 Å². The van der Waals surface area contributed by atoms with Gasteiger partial charge < -0.3 is 39.9 Å². The van der Waals surface area contributed by atoms with Crippen molar-refractivity contribution in [3.05, 3.63) is 48.6 Å². The number of carbonyl (C=O) groups is 2. The average molecular weight is 803 g/mol. The van der Waals surface area contributed by atoms with Crippen molar-refractivity contribution >= 4 is 19.8 Å². The topological polar surface area (TPSA) is 210 Å². The molecule has 8 atom stereocenters. The average Bonchev–Trinajstić information content (AvgIpc) is 3.16. The van der Waals surface area contributed by atoms with Crippen molar-refractivity contribution in [1.82, 2.24) is 0 Å². The minimum absolute atomic E-state index is 0.0206. The Labute approximate surface area is 329 Å². The molecule has 55 heavy (non-hydrogen) atoms. The van der Waals surface area contributed by atoms with Gasteiger partial charge in [0.2, 0.25) is 0 Å². The summed E-state index contributed by atoms with van der Waals surface area (Å²) in [6, 6.07) is 0. The molecule has 0 heterocycles. The summed E-state index contributed by atoms with van der Waals surface area (Å²) in [6.45, 7) is 3.16. The number of aliphatic hydroxyl groups is 5. The molecule has 14 heteroatoms. The number of aliphatic hydroxyl groups excluding tert-OH is 5. The first-order chi connectivity index (χ1) is 26.4. The lowest BCUT2D eigenvalue weighted by atomic mass is 9.85. The SMILES string of the molecule is CCCCC/C=C/C/C=C/C/C=C/C/C=C/CCCC(=O)O[C@H](COC(=O)CCCCCCCCCCC)COP(=O)(O)OC1C(O)C(O)C(O)[C@@H](O)C1O. The van der Waals surface area contributed by atoms with Gasteiger partial charge in [-0.1, -0.05) is 127 Å². The van der Waals surface area contributed by atoms with E-state index in [2.05, 4.69) is 50.3 Å². The van der Waals surface area contributed by atoms with E-state index in [9.17, 15) is 44.6 Å². The minimum atomic E-state index is -5.12. The quantitative estimate of drug-likeness (QED) is 0.0179. The Morgan fingerprint density at radius 2 is 1.00 bits per heavy atom. The number of allylic oxidation sites excluding steroid dienone is 8. The van der Waals surface area contributed by atoms with Crippen molar-refractivity contribution in [3.63, 3.8) is 0 Å². The van der Waals surface area contributed by atoms with Gasteiger partial charge in [0.05, 0.1) is 6.61 Å². The van der Waals surface area contributed by atoms with E-state index in [0.29, 0.717) is 19.3 Å². The van der Waals surface area contributed by atoms with Gasteiger partial charge in [0.15, 0.2) is 6.10 Å². The van der Waals surface area contributed by atoms with Crippen LogP contribution < -0.4 is 0 Å². The molecule has 0 amide bonds. The lowest BCUT2D eigenvalue weighted by Crippen LogP contribution is -2.64. The Balaban J connectivity index is 2.56. The molecule has 0 saturated heterocycles. The van der Waals surface area contributed by atoms with Gasteiger partial charge >= 0.3 is 19.8 Å². The van der Waals surface area contributed by atoms with E-state index in [1.807, 2.05) is 12.2 Å². The van der Waals surface area contributed by atoms with Gasteiger partial charge in [-0.15, -0.1) is 0 Å². The summed E-state index contributed by atoms with van der Waals surface area (Å²) in [6.07, 6.45) is 22.0. The minimum Gasteiger partial charge on any atom is -0.462 e. The summed E-state index contributed by atoms with van der Waals surface area (Å²) >= 11 is 0. The number of carbonyl (C=O) groups excluding carboxylic acids is 2. The molecule has 6 N–H and O–H groups in total. The van der Waals surface area contributed by atoms with E-state index in [0.717, 1.165) is 44.9 Å². The summed E-state index contributed by atoms with van der Waals surface area (Å²) in [5, 5.41) is 49.9. The van der Waals surface area contributed by atoms with E-state index in [-0.39, 0.29) is 12.8 Å². The molecule has 1 rings (SSSR count). The van der Waals surface area contributed by atoms with E-state index in [1.54, 1.807) is 0 Å². The van der Waals surface area contributed by atoms with Gasteiger partial charge in [0.1, 0.15) is 43.2 Å². The number of esters is 2. The van der Waals surface area contributed by atoms with Gasteiger partial charge in [-0.2, -0.15) is 0 Å². The zero-order chi connectivity index (χ0) is 40.7. The Kier molecular flexibility index (Phi) is 29.4. The predicted molar refractivity (Wildman–Crippen MR) is 212 cm³/mol. The number of phosphoric acid groups is 1. The molecule has 0 aromatic heterocycles. The maximum atomic E-state index is 12.7. The number of unbranched alkanes of at least 4 members (excludes halogenated alkanes) is 12. The fourth-order valence-corrected chi connectivity index (χ4v) is 6.78. The highest BCUT2D eigenvalue weighted by atomic mass is 31.2. The summed E-state index contributed by atoms with van der Waals surface area (Å²) in [5.41, 5.74) is 0. The number of rotatable bonds is 32. The third-order valence-corrected chi connectivity index (χ3v) is 10.2. The van der Waals surface area contributed by atoms with Crippen molar-refractivity contribution in [2.45, 2.75) is 185 Å². The molecule has 0 radical (unpaired) electrons. The standard InChI is InChI=1S/C41H71O13P/c1-3-5-7-9-11-13-14-15-16-17-18-19-20-22-24-26-28-30-35(43)53-33(31-51-34(42)29-27-25-23-21-12-10-8-6-4-2)32-52-55(49,50)54-41-39(47)37(45)36(44)38(46)40(41)48/h11,13,15-16,18-19,22,24,33,36-41,44-48H,3-10,12,14,17,20-21,23,25-32H2,1-2H3,(H,49,50)/b13-11+,16-15+,19-18+,24-22+/t33-,36?,37-,38?,39?,40?,41?/m1/s1. The third-order valence-electron chi connectivity index (χ3n) is 9.17. The highest BCUT2D eigenvalue weighted by Crippen LogP contribution is 2.47. The maximum absolute atomic E-state index is 12.7. The molecule has 1 fully saturated rings. The Bertz CT molecular complexity index is 1160. The largest absolute Gasteiger partial charge is 0.472 e. The van der Waals surface area contributed by atoms with Crippen LogP contribution in [0.3, 0.4) is 0 Å². The summed E-state index contributed by atoms with van der Waals surface area (Å²) in [7, 11) is -5.12. The normalized spacial score (nSPS) is 23.6. The summed E-state index contributed by atoms with van der Waals surface area (Å²) in [5.74, 6) is -1.17. The van der Waals surface area contributed by atoms with Gasteiger partial charge in [-0.3, -0.25) is 18.6 Å². The van der Waals surface area contributed by atoms with Crippen molar-refractivity contribution in [3.8, 4) is 0 Å². The summed E-state index contributed by atoms with van der Waals surface area (Å²) < 4.78 is 33.3. The van der Waals surface area contributed by atoms with Crippen molar-refractivity contribution < 1.29 is 63.1 Å². The van der Waals surface area contributed by atoms with Crippen LogP contribution >= 0.6 is 7.82 Å². The molecule has 13 nitrogen and oxygen atoms in total. The van der Waals surface area contributed by atoms with Crippen molar-refractivity contribution in [2.24, 2.45) is 0 Å². The number of hydrogen-bond donors (Lipinski definition) is 6. The summed E-state index contributed by atoms with van der Waals surface area (Å²) in [4.78, 5) is 35.4. The zero-order valence-electron chi connectivity index (χ0n) is 33.2. The number of phosphoric ester groups is 1. The van der Waals surface area contributed by atoms with E-state index in [1.165, 1.54) is 51.4 Å². The molecule has 0 aromatic rings. The Hall–Kier alpha value is -2.19. The van der Waals surface area contributed by atoms with Crippen molar-refractivity contribution in [2.75, 3.05) is 13.2 Å². The van der Waals surface area contributed by atoms with Crippen LogP contribution in [0.4, 0.5) is 0 Å². The van der Waals surface area contributed by atoms with Crippen LogP contribution in [-0.4, -0.2) is 98.3 Å². The van der Waals surface area contributed by atoms with Crippen LogP contribution in [0.15, 0.2) is 48.6 Å². The van der Waals surface area contributed by atoms with Gasteiger partial charge in [0.25, 0.3) is 0 Å². The molecule has 0 spiro atoms. The first-order valence-electron chi connectivity index (χ1n) is 20.4. The lowest BCUT2D eigenvalue weighted by molar-refractivity contribution is -0.220. The van der Waals surface area contributed by atoms with Gasteiger partial charge in [-0.05, 0) is 51.4 Å². The molecule has 6 unspecified atom stereocenters. The van der Waals surface area contributed by atoms with Gasteiger partial charge in [-0.25, -0.2) is 4.57 Å². The predicted octanol–water partition coefficient (Wildman–Crippen LogP) is 6.83. The maximum Gasteiger partial charge on any atom is 0.472 e. The molecule has 1 saturated carbocycles. The molecule has 1 aliphatic carbocycles. The van der Waals surface area contributed by atoms with Crippen LogP contribution in [0.5, 0.6) is 0 Å². The fraction of sp³-hybridized carbons (Fsp3) is 0.756. The number of hydrogen-bond acceptors (Lipinski definition) is 12. The van der Waals surface area contributed by atoms with Crippen LogP contribution in [-0.2, 0) is 32.7 Å². The molecular formula is C41H71O13P. The van der Waals surface area contributed by atoms with Crippen LogP contribution in [0, 0.1) is 0 Å². The molecule has 0 aliphatic heterocycles. The lowest BCUT2D eigenvalue weighted by Gasteiger charge is -2.41. The van der Waals surface area contributed by atoms with E-state index in [4.69, 9.17) is 18.5 Å². The number of ether oxygens (including phenoxy) is 2. The highest BCUT2D eigenvalue weighted by Gasteiger charge is 2.51. The fourth-order valence-electron chi connectivity index (χ4n) is 5.81. The first-order valence-corrected chi connectivity index (χ1v) is 21.9. The Morgan fingerprint density at radius 1 is 0.564 bits per heavy atom. The second-order valence-electron chi connectivity index (χ2n) is 14.1. The molecule has 318 valence electrons. The first kappa shape index (κ1) is 50.8. The Morgan fingerprint density at radius 3 is 1.55 bits per heavy atom. The molecule has 1 aliphatic rings. The second-order valence-corrected chi connectivity index (χ2v) is 15.5. The van der Waals surface area contributed by atoms with E-state index >= 15 is 0 Å². The van der Waals surface area contributed by atoms with E-state index < -0.39 is 75.7 Å². The van der Waals surface area contributed by atoms with Crippen LogP contribution in [0.1, 0.15) is 142 Å². The zero-order valence-corrected chi connectivity index (χ0v) is 34.1. The molecule has 0 aromatic carbocycles. The highest BCUT2D eigenvalue weighted by molar-refractivity contribution is 7.47. The van der Waals surface area contributed by atoms with Crippen molar-refractivity contribution in [1.29, 1.82) is 0 Å². The monoisotopic (exact) mass is 802 g/mol. The second kappa shape index (κ2) is 31.8. The third kappa shape index (κ3) is 24.9.